The second kappa shape index (κ2) is 6.36. The maximum atomic E-state index is 12.3. The van der Waals surface area contributed by atoms with E-state index in [0.717, 1.165) is 4.90 Å². The van der Waals surface area contributed by atoms with E-state index >= 15 is 0 Å². The molecule has 1 aliphatic rings. The highest BCUT2D eigenvalue weighted by atomic mass is 16.5. The summed E-state index contributed by atoms with van der Waals surface area (Å²) >= 11 is 0. The number of rotatable bonds is 3. The number of carbonyl (C=O) groups excluding carboxylic acids is 2. The van der Waals surface area contributed by atoms with Crippen molar-refractivity contribution >= 4 is 17.9 Å². The van der Waals surface area contributed by atoms with E-state index in [1.54, 1.807) is 31.2 Å². The molecule has 1 aliphatic heterocycles. The smallest absolute Gasteiger partial charge is 0.271 e. The van der Waals surface area contributed by atoms with Gasteiger partial charge in [0.25, 0.3) is 11.8 Å². The Morgan fingerprint density at radius 3 is 2.35 bits per heavy atom. The zero-order chi connectivity index (χ0) is 17.1. The fourth-order valence-corrected chi connectivity index (χ4v) is 2.31. The fourth-order valence-electron chi connectivity index (χ4n) is 2.31. The Balaban J connectivity index is 2.58. The van der Waals surface area contributed by atoms with Crippen LogP contribution in [-0.2, 0) is 9.59 Å². The molecule has 0 aliphatic carbocycles. The Hall–Kier alpha value is -3.07. The van der Waals surface area contributed by atoms with Crippen molar-refractivity contribution in [2.45, 2.75) is 6.92 Å². The zero-order valence-corrected chi connectivity index (χ0v) is 13.3. The lowest BCUT2D eigenvalue weighted by Gasteiger charge is -2.23. The lowest BCUT2D eigenvalue weighted by molar-refractivity contribution is -0.138. The Morgan fingerprint density at radius 1 is 1.13 bits per heavy atom. The topological polar surface area (TPSA) is 79.6 Å². The summed E-state index contributed by atoms with van der Waals surface area (Å²) in [5.41, 5.74) is 1.34. The second-order valence-electron chi connectivity index (χ2n) is 4.95. The number of imide groups is 1. The van der Waals surface area contributed by atoms with Crippen LogP contribution in [0.25, 0.3) is 6.08 Å². The first-order chi connectivity index (χ1) is 10.9. The van der Waals surface area contributed by atoms with Gasteiger partial charge in [-0.05, 0) is 36.3 Å². The van der Waals surface area contributed by atoms with Gasteiger partial charge in [0.15, 0.2) is 11.5 Å². The van der Waals surface area contributed by atoms with Crippen molar-refractivity contribution in [1.82, 2.24) is 4.90 Å². The van der Waals surface area contributed by atoms with Gasteiger partial charge < -0.3 is 9.47 Å². The van der Waals surface area contributed by atoms with Gasteiger partial charge in [0.1, 0.15) is 11.6 Å². The van der Waals surface area contributed by atoms with E-state index < -0.39 is 11.8 Å². The van der Waals surface area contributed by atoms with E-state index in [9.17, 15) is 9.59 Å². The van der Waals surface area contributed by atoms with Crippen LogP contribution < -0.4 is 9.47 Å². The number of amides is 2. The van der Waals surface area contributed by atoms with Crippen molar-refractivity contribution in [3.8, 4) is 17.6 Å². The minimum Gasteiger partial charge on any atom is -0.493 e. The molecule has 1 heterocycles. The average molecular weight is 312 g/mol. The number of nitrogens with zero attached hydrogens (tertiary/aromatic N) is 2. The van der Waals surface area contributed by atoms with Crippen LogP contribution in [0, 0.1) is 11.3 Å². The van der Waals surface area contributed by atoms with E-state index in [4.69, 9.17) is 14.7 Å². The molecule has 0 spiro atoms. The third-order valence-electron chi connectivity index (χ3n) is 3.66. The fraction of sp³-hybridized carbons (Fsp3) is 0.235. The van der Waals surface area contributed by atoms with Crippen molar-refractivity contribution in [1.29, 1.82) is 5.26 Å². The predicted molar refractivity (Wildman–Crippen MR) is 83.6 cm³/mol. The summed E-state index contributed by atoms with van der Waals surface area (Å²) in [4.78, 5) is 25.2. The van der Waals surface area contributed by atoms with Crippen LogP contribution in [-0.4, -0.2) is 38.0 Å². The molecule has 0 unspecified atom stereocenters. The molecule has 118 valence electrons. The van der Waals surface area contributed by atoms with Gasteiger partial charge in [-0.15, -0.1) is 0 Å². The first-order valence-corrected chi connectivity index (χ1v) is 6.82. The predicted octanol–water partition coefficient (Wildman–Crippen LogP) is 1.93. The molecule has 0 saturated carbocycles. The molecule has 2 amide bonds. The van der Waals surface area contributed by atoms with E-state index in [0.29, 0.717) is 28.2 Å². The Labute approximate surface area is 134 Å². The summed E-state index contributed by atoms with van der Waals surface area (Å²) in [6.45, 7) is 1.59. The van der Waals surface area contributed by atoms with Gasteiger partial charge in [0.05, 0.1) is 14.2 Å². The lowest BCUT2D eigenvalue weighted by Crippen LogP contribution is -2.39. The van der Waals surface area contributed by atoms with Crippen LogP contribution in [0.15, 0.2) is 34.9 Å². The number of hydrogen-bond donors (Lipinski definition) is 0. The number of nitriles is 1. The minimum absolute atomic E-state index is 0.0289. The summed E-state index contributed by atoms with van der Waals surface area (Å²) < 4.78 is 10.4. The first-order valence-electron chi connectivity index (χ1n) is 6.82. The summed E-state index contributed by atoms with van der Waals surface area (Å²) in [5, 5.41) is 9.14. The van der Waals surface area contributed by atoms with E-state index in [2.05, 4.69) is 0 Å². The molecule has 1 aromatic rings. The van der Waals surface area contributed by atoms with Crippen molar-refractivity contribution in [2.24, 2.45) is 0 Å². The standard InChI is InChI=1S/C17H16N2O4/c1-10-12(16(20)19(2)17(21)13(10)9-18)7-11-5-6-14(22-3)15(8-11)23-4/h5-8H,1-4H3/b12-7+. The van der Waals surface area contributed by atoms with Crippen LogP contribution in [0.4, 0.5) is 0 Å². The van der Waals surface area contributed by atoms with Crippen LogP contribution >= 0.6 is 0 Å². The highest BCUT2D eigenvalue weighted by molar-refractivity contribution is 6.19. The molecule has 0 saturated heterocycles. The van der Waals surface area contributed by atoms with Crippen LogP contribution in [0.5, 0.6) is 11.5 Å². The van der Waals surface area contributed by atoms with Gasteiger partial charge in [-0.25, -0.2) is 0 Å². The molecule has 6 nitrogen and oxygen atoms in total. The third-order valence-corrected chi connectivity index (χ3v) is 3.66. The Kier molecular flexibility index (Phi) is 4.51. The van der Waals surface area contributed by atoms with Crippen molar-refractivity contribution in [3.63, 3.8) is 0 Å². The summed E-state index contributed by atoms with van der Waals surface area (Å²) in [6.07, 6.45) is 1.62. The summed E-state index contributed by atoms with van der Waals surface area (Å²) in [6, 6.07) is 7.06. The molecule has 6 heteroatoms. The maximum Gasteiger partial charge on any atom is 0.271 e. The molecule has 0 bridgehead atoms. The maximum absolute atomic E-state index is 12.3. The van der Waals surface area contributed by atoms with Crippen molar-refractivity contribution < 1.29 is 19.1 Å². The van der Waals surface area contributed by atoms with Gasteiger partial charge >= 0.3 is 0 Å². The summed E-state index contributed by atoms with van der Waals surface area (Å²) in [7, 11) is 4.41. The quantitative estimate of drug-likeness (QED) is 0.629. The Bertz CT molecular complexity index is 784. The molecule has 23 heavy (non-hydrogen) atoms. The minimum atomic E-state index is -0.584. The molecule has 2 rings (SSSR count). The van der Waals surface area contributed by atoms with Gasteiger partial charge in [-0.3, -0.25) is 14.5 Å². The van der Waals surface area contributed by atoms with Crippen LogP contribution in [0.1, 0.15) is 12.5 Å². The number of methoxy groups -OCH3 is 2. The van der Waals surface area contributed by atoms with Crippen LogP contribution in [0.2, 0.25) is 0 Å². The number of benzene rings is 1. The molecule has 1 aromatic carbocycles. The Morgan fingerprint density at radius 2 is 1.78 bits per heavy atom. The number of carbonyl (C=O) groups is 2. The molecule has 0 aromatic heterocycles. The summed E-state index contributed by atoms with van der Waals surface area (Å²) in [5.74, 6) is 0.0688. The monoisotopic (exact) mass is 312 g/mol. The second-order valence-corrected chi connectivity index (χ2v) is 4.95. The van der Waals surface area contributed by atoms with Crippen molar-refractivity contribution in [2.75, 3.05) is 21.3 Å². The zero-order valence-electron chi connectivity index (χ0n) is 13.3. The highest BCUT2D eigenvalue weighted by Gasteiger charge is 2.32. The average Bonchev–Trinajstić information content (AvgIpc) is 2.57. The molecule has 0 radical (unpaired) electrons. The van der Waals surface area contributed by atoms with Gasteiger partial charge in [-0.2, -0.15) is 5.26 Å². The molecule has 0 fully saturated rings. The molecular formula is C17H16N2O4. The van der Waals surface area contributed by atoms with Gasteiger partial charge in [0, 0.05) is 12.6 Å². The van der Waals surface area contributed by atoms with Crippen LogP contribution in [0.3, 0.4) is 0 Å². The third kappa shape index (κ3) is 2.81. The molecular weight excluding hydrogens is 296 g/mol. The molecule has 0 N–H and O–H groups in total. The highest BCUT2D eigenvalue weighted by Crippen LogP contribution is 2.31. The largest absolute Gasteiger partial charge is 0.493 e. The SMILES string of the molecule is COc1ccc(/C=C2/C(=O)N(C)C(=O)C(C#N)=C2C)cc1OC. The number of likely N-dealkylation sites (N-methyl/N-ethyl adjacent to an activating group) is 1. The van der Waals surface area contributed by atoms with E-state index in [-0.39, 0.29) is 5.57 Å². The number of hydrogen-bond acceptors (Lipinski definition) is 5. The normalized spacial score (nSPS) is 16.7. The lowest BCUT2D eigenvalue weighted by atomic mass is 9.94. The molecule has 0 atom stereocenters. The van der Waals surface area contributed by atoms with E-state index in [1.165, 1.54) is 21.3 Å². The van der Waals surface area contributed by atoms with Gasteiger partial charge in [-0.1, -0.05) is 6.07 Å². The van der Waals surface area contributed by atoms with E-state index in [1.807, 2.05) is 6.07 Å². The van der Waals surface area contributed by atoms with Gasteiger partial charge in [0.2, 0.25) is 0 Å². The van der Waals surface area contributed by atoms with Crippen molar-refractivity contribution in [3.05, 3.63) is 40.5 Å². The first kappa shape index (κ1) is 16.3. The number of ether oxygens (including phenoxy) is 2.